The first-order chi connectivity index (χ1) is 15.0. The Morgan fingerprint density at radius 3 is 2.26 bits per heavy atom. The number of carbonyl (C=O) groups is 2. The highest BCUT2D eigenvalue weighted by atomic mass is 35.5. The second-order valence-electron chi connectivity index (χ2n) is 6.88. The Hall–Kier alpha value is -3.28. The van der Waals surface area contributed by atoms with Crippen LogP contribution in [0.5, 0.6) is 5.75 Å². The van der Waals surface area contributed by atoms with Gasteiger partial charge in [-0.3, -0.25) is 14.5 Å². The lowest BCUT2D eigenvalue weighted by atomic mass is 10.0. The molecule has 0 saturated carbocycles. The van der Waals surface area contributed by atoms with Crippen molar-refractivity contribution in [1.82, 2.24) is 4.90 Å². The molecule has 1 heterocycles. The summed E-state index contributed by atoms with van der Waals surface area (Å²) in [6.07, 6.45) is 0. The summed E-state index contributed by atoms with van der Waals surface area (Å²) >= 11 is 12.5. The van der Waals surface area contributed by atoms with Gasteiger partial charge < -0.3 is 10.1 Å². The number of carbonyl (C=O) groups excluding carboxylic acids is 2. The van der Waals surface area contributed by atoms with E-state index in [9.17, 15) is 9.59 Å². The van der Waals surface area contributed by atoms with E-state index in [1.165, 1.54) is 12.0 Å². The second-order valence-corrected chi connectivity index (χ2v) is 7.69. The van der Waals surface area contributed by atoms with Crippen molar-refractivity contribution in [3.63, 3.8) is 0 Å². The molecule has 5 nitrogen and oxygen atoms in total. The molecule has 0 aromatic heterocycles. The van der Waals surface area contributed by atoms with E-state index < -0.39 is 11.8 Å². The fourth-order valence-electron chi connectivity index (χ4n) is 3.39. The van der Waals surface area contributed by atoms with Crippen molar-refractivity contribution >= 4 is 46.3 Å². The molecule has 7 heteroatoms. The summed E-state index contributed by atoms with van der Waals surface area (Å²) in [5.74, 6) is -0.312. The number of rotatable bonds is 6. The SMILES string of the molecule is COc1ccc(NC2=C(c3ccccc3)C(=O)N(Cc3ccccc3Cl)C2=O)cc1Cl. The Bertz CT molecular complexity index is 1190. The number of imide groups is 1. The van der Waals surface area contributed by atoms with Crippen LogP contribution in [0.1, 0.15) is 11.1 Å². The predicted molar refractivity (Wildman–Crippen MR) is 122 cm³/mol. The van der Waals surface area contributed by atoms with E-state index in [4.69, 9.17) is 27.9 Å². The zero-order chi connectivity index (χ0) is 22.0. The molecule has 1 aliphatic heterocycles. The molecule has 0 spiro atoms. The van der Waals surface area contributed by atoms with Crippen LogP contribution >= 0.6 is 23.2 Å². The van der Waals surface area contributed by atoms with Gasteiger partial charge in [0.2, 0.25) is 0 Å². The maximum atomic E-state index is 13.3. The monoisotopic (exact) mass is 452 g/mol. The minimum atomic E-state index is -0.435. The number of ether oxygens (including phenoxy) is 1. The van der Waals surface area contributed by atoms with Gasteiger partial charge in [0.25, 0.3) is 11.8 Å². The lowest BCUT2D eigenvalue weighted by Crippen LogP contribution is -2.32. The molecule has 31 heavy (non-hydrogen) atoms. The Morgan fingerprint density at radius 2 is 1.58 bits per heavy atom. The number of halogens is 2. The van der Waals surface area contributed by atoms with Gasteiger partial charge >= 0.3 is 0 Å². The third-order valence-electron chi connectivity index (χ3n) is 4.94. The van der Waals surface area contributed by atoms with Gasteiger partial charge in [0.15, 0.2) is 0 Å². The summed E-state index contributed by atoms with van der Waals surface area (Å²) in [6, 6.07) is 21.3. The fraction of sp³-hybridized carbons (Fsp3) is 0.0833. The summed E-state index contributed by atoms with van der Waals surface area (Å²) in [5, 5.41) is 3.97. The quantitative estimate of drug-likeness (QED) is 0.509. The lowest BCUT2D eigenvalue weighted by Gasteiger charge is -2.16. The molecular formula is C24H18Cl2N2O3. The van der Waals surface area contributed by atoms with Crippen molar-refractivity contribution in [3.05, 3.63) is 99.7 Å². The Morgan fingerprint density at radius 1 is 0.871 bits per heavy atom. The van der Waals surface area contributed by atoms with Gasteiger partial charge in [-0.2, -0.15) is 0 Å². The van der Waals surface area contributed by atoms with Gasteiger partial charge in [-0.25, -0.2) is 0 Å². The second kappa shape index (κ2) is 8.84. The van der Waals surface area contributed by atoms with Crippen LogP contribution in [0.2, 0.25) is 10.0 Å². The number of nitrogens with zero attached hydrogens (tertiary/aromatic N) is 1. The van der Waals surface area contributed by atoms with Crippen LogP contribution in [-0.4, -0.2) is 23.8 Å². The van der Waals surface area contributed by atoms with Gasteiger partial charge in [-0.05, 0) is 35.4 Å². The van der Waals surface area contributed by atoms with E-state index in [1.807, 2.05) is 24.3 Å². The molecule has 0 atom stereocenters. The average Bonchev–Trinajstić information content (AvgIpc) is 3.00. The molecule has 3 aromatic carbocycles. The van der Waals surface area contributed by atoms with E-state index in [-0.39, 0.29) is 12.2 Å². The summed E-state index contributed by atoms with van der Waals surface area (Å²) < 4.78 is 5.18. The average molecular weight is 453 g/mol. The van der Waals surface area contributed by atoms with Crippen LogP contribution in [0.4, 0.5) is 5.69 Å². The van der Waals surface area contributed by atoms with E-state index in [0.717, 1.165) is 0 Å². The molecule has 3 aromatic rings. The first kappa shape index (κ1) is 21.0. The minimum Gasteiger partial charge on any atom is -0.495 e. The van der Waals surface area contributed by atoms with Crippen LogP contribution in [-0.2, 0) is 16.1 Å². The summed E-state index contributed by atoms with van der Waals surface area (Å²) in [5.41, 5.74) is 2.38. The lowest BCUT2D eigenvalue weighted by molar-refractivity contribution is -0.137. The largest absolute Gasteiger partial charge is 0.495 e. The van der Waals surface area contributed by atoms with E-state index in [2.05, 4.69) is 5.32 Å². The third kappa shape index (κ3) is 4.15. The van der Waals surface area contributed by atoms with E-state index in [1.54, 1.807) is 48.5 Å². The van der Waals surface area contributed by atoms with Crippen LogP contribution in [0.25, 0.3) is 5.57 Å². The summed E-state index contributed by atoms with van der Waals surface area (Å²) in [7, 11) is 1.52. The Kier molecular flexibility index (Phi) is 5.98. The number of methoxy groups -OCH3 is 1. The first-order valence-corrected chi connectivity index (χ1v) is 10.2. The molecule has 0 fully saturated rings. The molecule has 0 radical (unpaired) electrons. The van der Waals surface area contributed by atoms with Gasteiger partial charge in [0, 0.05) is 10.7 Å². The van der Waals surface area contributed by atoms with Crippen molar-refractivity contribution in [2.45, 2.75) is 6.54 Å². The maximum Gasteiger partial charge on any atom is 0.278 e. The number of benzene rings is 3. The molecule has 1 N–H and O–H groups in total. The topological polar surface area (TPSA) is 58.6 Å². The fourth-order valence-corrected chi connectivity index (χ4v) is 3.85. The predicted octanol–water partition coefficient (Wildman–Crippen LogP) is 5.39. The molecule has 4 rings (SSSR count). The first-order valence-electron chi connectivity index (χ1n) is 9.49. The molecule has 0 unspecified atom stereocenters. The Labute approximate surface area is 189 Å². The maximum absolute atomic E-state index is 13.3. The third-order valence-corrected chi connectivity index (χ3v) is 5.60. The molecular weight excluding hydrogens is 435 g/mol. The minimum absolute atomic E-state index is 0.0716. The standard InChI is InChI=1S/C24H18Cl2N2O3/c1-31-20-12-11-17(13-19(20)26)27-22-21(15-7-3-2-4-8-15)23(29)28(24(22)30)14-16-9-5-6-10-18(16)25/h2-13,27H,14H2,1H3. The van der Waals surface area contributed by atoms with Crippen molar-refractivity contribution < 1.29 is 14.3 Å². The van der Waals surface area contributed by atoms with Crippen molar-refractivity contribution in [2.24, 2.45) is 0 Å². The highest BCUT2D eigenvalue weighted by molar-refractivity contribution is 6.37. The van der Waals surface area contributed by atoms with Gasteiger partial charge in [-0.15, -0.1) is 0 Å². The number of hydrogen-bond donors (Lipinski definition) is 1. The summed E-state index contributed by atoms with van der Waals surface area (Å²) in [6.45, 7) is 0.0716. The van der Waals surface area contributed by atoms with Gasteiger partial charge in [-0.1, -0.05) is 71.7 Å². The molecule has 2 amide bonds. The zero-order valence-corrected chi connectivity index (χ0v) is 18.1. The molecule has 0 aliphatic carbocycles. The Balaban J connectivity index is 1.74. The van der Waals surface area contributed by atoms with Crippen LogP contribution in [0.3, 0.4) is 0 Å². The molecule has 156 valence electrons. The van der Waals surface area contributed by atoms with Crippen LogP contribution in [0, 0.1) is 0 Å². The van der Waals surface area contributed by atoms with Crippen LogP contribution < -0.4 is 10.1 Å². The van der Waals surface area contributed by atoms with Crippen molar-refractivity contribution in [1.29, 1.82) is 0 Å². The molecule has 0 saturated heterocycles. The summed E-state index contributed by atoms with van der Waals surface area (Å²) in [4.78, 5) is 27.8. The molecule has 1 aliphatic rings. The van der Waals surface area contributed by atoms with Gasteiger partial charge in [0.1, 0.15) is 11.4 Å². The van der Waals surface area contributed by atoms with E-state index >= 15 is 0 Å². The van der Waals surface area contributed by atoms with Crippen LogP contribution in [0.15, 0.2) is 78.5 Å². The molecule has 0 bridgehead atoms. The highest BCUT2D eigenvalue weighted by Crippen LogP contribution is 2.34. The zero-order valence-electron chi connectivity index (χ0n) is 16.6. The number of hydrogen-bond acceptors (Lipinski definition) is 4. The van der Waals surface area contributed by atoms with Crippen molar-refractivity contribution in [3.8, 4) is 5.75 Å². The normalized spacial score (nSPS) is 13.7. The highest BCUT2D eigenvalue weighted by Gasteiger charge is 2.39. The van der Waals surface area contributed by atoms with E-state index in [0.29, 0.717) is 38.2 Å². The number of nitrogens with one attached hydrogen (secondary N) is 1. The number of anilines is 1. The smallest absolute Gasteiger partial charge is 0.278 e. The number of amides is 2. The van der Waals surface area contributed by atoms with Gasteiger partial charge in [0.05, 0.1) is 24.3 Å². The van der Waals surface area contributed by atoms with Crippen molar-refractivity contribution in [2.75, 3.05) is 12.4 Å².